The van der Waals surface area contributed by atoms with Crippen LogP contribution in [0.15, 0.2) is 39.8 Å². The third-order valence-corrected chi connectivity index (χ3v) is 4.62. The van der Waals surface area contributed by atoms with Crippen LogP contribution in [0.5, 0.6) is 0 Å². The fraction of sp³-hybridized carbons (Fsp3) is 0.333. The molecule has 1 atom stereocenters. The average Bonchev–Trinajstić information content (AvgIpc) is 2.43. The Balaban J connectivity index is 0.00000220. The summed E-state index contributed by atoms with van der Waals surface area (Å²) in [7, 11) is 0. The summed E-state index contributed by atoms with van der Waals surface area (Å²) in [5, 5.41) is 12.9. The van der Waals surface area contributed by atoms with Crippen LogP contribution in [0.2, 0.25) is 0 Å². The van der Waals surface area contributed by atoms with Crippen LogP contribution in [0.4, 0.5) is 0 Å². The molecule has 1 aromatic heterocycles. The van der Waals surface area contributed by atoms with E-state index in [0.717, 1.165) is 26.2 Å². The van der Waals surface area contributed by atoms with Gasteiger partial charge < -0.3 is 9.90 Å². The van der Waals surface area contributed by atoms with Crippen molar-refractivity contribution in [2.75, 3.05) is 5.75 Å². The van der Waals surface area contributed by atoms with Gasteiger partial charge in [-0.1, -0.05) is 28.9 Å². The van der Waals surface area contributed by atoms with Gasteiger partial charge in [-0.15, -0.1) is 11.8 Å². The first-order valence-electron chi connectivity index (χ1n) is 6.50. The Kier molecular flexibility index (Phi) is 8.27. The molecule has 0 saturated carbocycles. The Morgan fingerprint density at radius 3 is 2.81 bits per heavy atom. The van der Waals surface area contributed by atoms with Crippen LogP contribution in [0.3, 0.4) is 0 Å². The maximum absolute atomic E-state index is 10.8. The SMILES string of the molecule is CCC(CCSc1ccc2cc(Br)ccc2n1)C(=O)[O-].[Na+]. The van der Waals surface area contributed by atoms with Crippen molar-refractivity contribution in [3.05, 3.63) is 34.8 Å². The van der Waals surface area contributed by atoms with E-state index in [1.165, 1.54) is 0 Å². The number of carboxylic acids is 1. The van der Waals surface area contributed by atoms with E-state index in [1.807, 2.05) is 37.3 Å². The standard InChI is InChI=1S/C15H16BrNO2S.Na/c1-2-10(15(18)19)7-8-20-14-6-3-11-9-12(16)4-5-13(11)17-14;/h3-6,9-10H,2,7-8H2,1H3,(H,18,19);/q;+1/p-1. The van der Waals surface area contributed by atoms with E-state index in [-0.39, 0.29) is 35.5 Å². The summed E-state index contributed by atoms with van der Waals surface area (Å²) in [5.74, 6) is -0.579. The Bertz CT molecular complexity index is 624. The predicted molar refractivity (Wildman–Crippen MR) is 83.6 cm³/mol. The molecular formula is C15H15BrNNaO2S. The number of hydrogen-bond donors (Lipinski definition) is 0. The third-order valence-electron chi connectivity index (χ3n) is 3.17. The van der Waals surface area contributed by atoms with Crippen molar-refractivity contribution in [2.24, 2.45) is 5.92 Å². The summed E-state index contributed by atoms with van der Waals surface area (Å²) >= 11 is 5.02. The Morgan fingerprint density at radius 1 is 1.38 bits per heavy atom. The van der Waals surface area contributed by atoms with Crippen molar-refractivity contribution in [1.82, 2.24) is 4.98 Å². The number of nitrogens with zero attached hydrogens (tertiary/aromatic N) is 1. The van der Waals surface area contributed by atoms with E-state index < -0.39 is 5.97 Å². The number of hydrogen-bond acceptors (Lipinski definition) is 4. The zero-order chi connectivity index (χ0) is 14.5. The monoisotopic (exact) mass is 375 g/mol. The van der Waals surface area contributed by atoms with Gasteiger partial charge in [0, 0.05) is 21.6 Å². The molecule has 0 aliphatic heterocycles. The molecule has 21 heavy (non-hydrogen) atoms. The van der Waals surface area contributed by atoms with Crippen molar-refractivity contribution < 1.29 is 39.5 Å². The summed E-state index contributed by atoms with van der Waals surface area (Å²) < 4.78 is 1.03. The van der Waals surface area contributed by atoms with Crippen LogP contribution in [-0.2, 0) is 4.79 Å². The number of benzene rings is 1. The van der Waals surface area contributed by atoms with Gasteiger partial charge >= 0.3 is 29.6 Å². The van der Waals surface area contributed by atoms with Gasteiger partial charge in [-0.25, -0.2) is 4.98 Å². The molecule has 0 radical (unpaired) electrons. The summed E-state index contributed by atoms with van der Waals surface area (Å²) in [6.45, 7) is 1.87. The minimum atomic E-state index is -0.954. The molecular weight excluding hydrogens is 361 g/mol. The molecule has 0 aliphatic carbocycles. The number of carboxylic acid groups (broad SMARTS) is 1. The topological polar surface area (TPSA) is 53.0 Å². The van der Waals surface area contributed by atoms with E-state index in [2.05, 4.69) is 20.9 Å². The molecule has 106 valence electrons. The van der Waals surface area contributed by atoms with Gasteiger partial charge in [0.2, 0.25) is 0 Å². The molecule has 3 nitrogen and oxygen atoms in total. The molecule has 0 amide bonds. The normalized spacial score (nSPS) is 11.9. The molecule has 0 saturated heterocycles. The second kappa shape index (κ2) is 9.16. The second-order valence-corrected chi connectivity index (χ2v) is 6.58. The zero-order valence-electron chi connectivity index (χ0n) is 12.1. The third kappa shape index (κ3) is 5.57. The molecule has 2 rings (SSSR count). The molecule has 6 heteroatoms. The Morgan fingerprint density at radius 2 is 2.14 bits per heavy atom. The van der Waals surface area contributed by atoms with E-state index >= 15 is 0 Å². The smallest absolute Gasteiger partial charge is 0.550 e. The number of fused-ring (bicyclic) bond motifs is 1. The number of carbonyl (C=O) groups excluding carboxylic acids is 1. The number of aliphatic carboxylic acids is 1. The van der Waals surface area contributed by atoms with Gasteiger partial charge in [0.15, 0.2) is 0 Å². The van der Waals surface area contributed by atoms with Crippen molar-refractivity contribution in [3.63, 3.8) is 0 Å². The summed E-state index contributed by atoms with van der Waals surface area (Å²) in [6, 6.07) is 9.97. The Labute approximate surface area is 159 Å². The van der Waals surface area contributed by atoms with Crippen molar-refractivity contribution in [3.8, 4) is 0 Å². The number of rotatable bonds is 6. The molecule has 1 unspecified atom stereocenters. The first-order chi connectivity index (χ1) is 9.60. The van der Waals surface area contributed by atoms with Gasteiger partial charge in [0.25, 0.3) is 0 Å². The number of halogens is 1. The van der Waals surface area contributed by atoms with Gasteiger partial charge in [-0.05, 0) is 43.0 Å². The Hall–Kier alpha value is -0.0700. The summed E-state index contributed by atoms with van der Waals surface area (Å²) in [4.78, 5) is 15.4. The number of thioether (sulfide) groups is 1. The molecule has 0 fully saturated rings. The minimum Gasteiger partial charge on any atom is -0.550 e. The van der Waals surface area contributed by atoms with E-state index in [1.54, 1.807) is 11.8 Å². The van der Waals surface area contributed by atoms with Gasteiger partial charge in [0.1, 0.15) is 0 Å². The van der Waals surface area contributed by atoms with E-state index in [0.29, 0.717) is 12.8 Å². The number of aromatic nitrogens is 1. The average molecular weight is 376 g/mol. The molecule has 0 bridgehead atoms. The molecule has 2 aromatic rings. The van der Waals surface area contributed by atoms with E-state index in [9.17, 15) is 9.90 Å². The van der Waals surface area contributed by atoms with Crippen molar-refractivity contribution >= 4 is 44.6 Å². The molecule has 0 aliphatic rings. The van der Waals surface area contributed by atoms with Gasteiger partial charge in [-0.3, -0.25) is 0 Å². The maximum atomic E-state index is 10.8. The fourth-order valence-electron chi connectivity index (χ4n) is 1.95. The minimum absolute atomic E-state index is 0. The molecule has 0 spiro atoms. The first kappa shape index (κ1) is 19.0. The summed E-state index contributed by atoms with van der Waals surface area (Å²) in [5.41, 5.74) is 0.949. The number of carbonyl (C=O) groups is 1. The van der Waals surface area contributed by atoms with Crippen LogP contribution in [-0.4, -0.2) is 16.7 Å². The predicted octanol–water partition coefficient (Wildman–Crippen LogP) is 0.260. The fourth-order valence-corrected chi connectivity index (χ4v) is 3.27. The molecule has 1 aromatic carbocycles. The quantitative estimate of drug-likeness (QED) is 0.536. The maximum Gasteiger partial charge on any atom is 1.00 e. The van der Waals surface area contributed by atoms with Gasteiger partial charge in [-0.2, -0.15) is 0 Å². The van der Waals surface area contributed by atoms with Gasteiger partial charge in [0.05, 0.1) is 10.5 Å². The van der Waals surface area contributed by atoms with Crippen molar-refractivity contribution in [2.45, 2.75) is 24.8 Å². The molecule has 0 N–H and O–H groups in total. The van der Waals surface area contributed by atoms with Crippen molar-refractivity contribution in [1.29, 1.82) is 0 Å². The first-order valence-corrected chi connectivity index (χ1v) is 8.28. The van der Waals surface area contributed by atoms with Crippen LogP contribution in [0, 0.1) is 5.92 Å². The second-order valence-electron chi connectivity index (χ2n) is 4.55. The van der Waals surface area contributed by atoms with E-state index in [4.69, 9.17) is 0 Å². The van der Waals surface area contributed by atoms with Crippen LogP contribution in [0.1, 0.15) is 19.8 Å². The summed E-state index contributed by atoms with van der Waals surface area (Å²) in [6.07, 6.45) is 1.23. The zero-order valence-corrected chi connectivity index (χ0v) is 16.5. The van der Waals surface area contributed by atoms with Crippen LogP contribution >= 0.6 is 27.7 Å². The molecule has 1 heterocycles. The largest absolute Gasteiger partial charge is 1.00 e. The number of pyridine rings is 1. The van der Waals surface area contributed by atoms with Crippen LogP contribution in [0.25, 0.3) is 10.9 Å². The van der Waals surface area contributed by atoms with Crippen LogP contribution < -0.4 is 34.7 Å².